The number of hydrogen-bond donors (Lipinski definition) is 3. The molecule has 3 rings (SSSR count). The van der Waals surface area contributed by atoms with Gasteiger partial charge in [-0.15, -0.1) is 0 Å². The van der Waals surface area contributed by atoms with Gasteiger partial charge in [0.2, 0.25) is 0 Å². The van der Waals surface area contributed by atoms with Gasteiger partial charge in [0.1, 0.15) is 0 Å². The molecule has 1 amide bonds. The van der Waals surface area contributed by atoms with Crippen LogP contribution in [0.2, 0.25) is 0 Å². The van der Waals surface area contributed by atoms with Crippen LogP contribution in [-0.4, -0.2) is 49.0 Å². The average Bonchev–Trinajstić information content (AvgIpc) is 3.10. The predicted molar refractivity (Wildman–Crippen MR) is 111 cm³/mol. The Labute approximate surface area is 161 Å². The van der Waals surface area contributed by atoms with Crippen LogP contribution in [0, 0.1) is 0 Å². The molecule has 0 unspecified atom stereocenters. The maximum absolute atomic E-state index is 11.9. The standard InChI is InChI=1S/C19H21N5O2S/c1-24(10-11-25)15-8-6-14(7-9-15)12-21-23-18(26)13-20-19-22-16-4-2-3-5-17(16)27-19/h2-9,12,25H,10-11,13H2,1H3,(H,20,22)(H,23,26)/b21-12-. The van der Waals surface area contributed by atoms with Crippen LogP contribution in [0.1, 0.15) is 5.56 Å². The first kappa shape index (κ1) is 18.8. The summed E-state index contributed by atoms with van der Waals surface area (Å²) in [6, 6.07) is 15.5. The van der Waals surface area contributed by atoms with Crippen LogP contribution in [-0.2, 0) is 4.79 Å². The third-order valence-electron chi connectivity index (χ3n) is 3.87. The fourth-order valence-electron chi connectivity index (χ4n) is 2.42. The molecule has 0 fully saturated rings. The van der Waals surface area contributed by atoms with Crippen molar-refractivity contribution in [3.8, 4) is 0 Å². The number of aliphatic hydroxyl groups excluding tert-OH is 1. The van der Waals surface area contributed by atoms with Crippen molar-refractivity contribution in [2.45, 2.75) is 0 Å². The lowest BCUT2D eigenvalue weighted by Gasteiger charge is -2.17. The van der Waals surface area contributed by atoms with E-state index in [0.717, 1.165) is 21.5 Å². The number of hydrogen-bond acceptors (Lipinski definition) is 7. The molecular formula is C19H21N5O2S. The van der Waals surface area contributed by atoms with Crippen molar-refractivity contribution in [1.82, 2.24) is 10.4 Å². The lowest BCUT2D eigenvalue weighted by molar-refractivity contribution is -0.119. The third-order valence-corrected chi connectivity index (χ3v) is 4.86. The van der Waals surface area contributed by atoms with Crippen LogP contribution in [0.4, 0.5) is 10.8 Å². The molecule has 0 atom stereocenters. The van der Waals surface area contributed by atoms with E-state index in [2.05, 4.69) is 20.8 Å². The number of fused-ring (bicyclic) bond motifs is 1. The van der Waals surface area contributed by atoms with Gasteiger partial charge < -0.3 is 15.3 Å². The minimum Gasteiger partial charge on any atom is -0.395 e. The van der Waals surface area contributed by atoms with Crippen LogP contribution in [0.25, 0.3) is 10.2 Å². The zero-order valence-electron chi connectivity index (χ0n) is 14.9. The summed E-state index contributed by atoms with van der Waals surface area (Å²) in [5.41, 5.74) is 5.28. The Balaban J connectivity index is 1.46. The van der Waals surface area contributed by atoms with Crippen LogP contribution < -0.4 is 15.6 Å². The summed E-state index contributed by atoms with van der Waals surface area (Å²) < 4.78 is 1.08. The minimum absolute atomic E-state index is 0.0993. The van der Waals surface area contributed by atoms with Gasteiger partial charge in [0.15, 0.2) is 5.13 Å². The van der Waals surface area contributed by atoms with E-state index >= 15 is 0 Å². The number of likely N-dealkylation sites (N-methyl/N-ethyl adjacent to an activating group) is 1. The number of nitrogens with one attached hydrogen (secondary N) is 2. The van der Waals surface area contributed by atoms with Gasteiger partial charge in [-0.1, -0.05) is 35.6 Å². The minimum atomic E-state index is -0.246. The highest BCUT2D eigenvalue weighted by molar-refractivity contribution is 7.22. The number of para-hydroxylation sites is 1. The van der Waals surface area contributed by atoms with Crippen molar-refractivity contribution < 1.29 is 9.90 Å². The summed E-state index contributed by atoms with van der Waals surface area (Å²) in [5, 5.41) is 16.7. The molecule has 0 radical (unpaired) electrons. The molecular weight excluding hydrogens is 362 g/mol. The Morgan fingerprint density at radius 3 is 2.78 bits per heavy atom. The Kier molecular flexibility index (Phi) is 6.35. The van der Waals surface area contributed by atoms with Crippen LogP contribution in [0.3, 0.4) is 0 Å². The number of aromatic nitrogens is 1. The lowest BCUT2D eigenvalue weighted by atomic mass is 10.2. The number of anilines is 2. The van der Waals surface area contributed by atoms with Crippen molar-refractivity contribution in [1.29, 1.82) is 0 Å². The van der Waals surface area contributed by atoms with E-state index in [1.165, 1.54) is 11.3 Å². The van der Waals surface area contributed by atoms with E-state index in [1.807, 2.05) is 60.5 Å². The fourth-order valence-corrected chi connectivity index (χ4v) is 3.28. The first-order valence-electron chi connectivity index (χ1n) is 8.49. The molecule has 0 aliphatic rings. The number of thiazole rings is 1. The second-order valence-corrected chi connectivity index (χ2v) is 6.90. The number of amides is 1. The van der Waals surface area contributed by atoms with Gasteiger partial charge >= 0.3 is 0 Å². The molecule has 8 heteroatoms. The molecule has 0 aliphatic heterocycles. The topological polar surface area (TPSA) is 89.9 Å². The number of nitrogens with zero attached hydrogens (tertiary/aromatic N) is 3. The van der Waals surface area contributed by atoms with E-state index < -0.39 is 0 Å². The van der Waals surface area contributed by atoms with E-state index in [9.17, 15) is 4.79 Å². The molecule has 0 aliphatic carbocycles. The molecule has 7 nitrogen and oxygen atoms in total. The number of carbonyl (C=O) groups excluding carboxylic acids is 1. The molecule has 3 aromatic rings. The van der Waals surface area contributed by atoms with Crippen LogP contribution >= 0.6 is 11.3 Å². The van der Waals surface area contributed by atoms with E-state index in [0.29, 0.717) is 11.7 Å². The zero-order valence-corrected chi connectivity index (χ0v) is 15.7. The van der Waals surface area contributed by atoms with Crippen molar-refractivity contribution in [3.05, 3.63) is 54.1 Å². The van der Waals surface area contributed by atoms with Gasteiger partial charge in [-0.05, 0) is 29.8 Å². The Hall–Kier alpha value is -2.97. The molecule has 140 valence electrons. The summed E-state index contributed by atoms with van der Waals surface area (Å²) in [7, 11) is 1.91. The van der Waals surface area contributed by atoms with Crippen molar-refractivity contribution >= 4 is 44.5 Å². The number of carbonyl (C=O) groups is 1. The van der Waals surface area contributed by atoms with Crippen LogP contribution in [0.15, 0.2) is 53.6 Å². The number of benzene rings is 2. The second-order valence-electron chi connectivity index (χ2n) is 5.87. The van der Waals surface area contributed by atoms with Crippen molar-refractivity contribution in [2.24, 2.45) is 5.10 Å². The molecule has 2 aromatic carbocycles. The maximum Gasteiger partial charge on any atom is 0.259 e. The van der Waals surface area contributed by atoms with Gasteiger partial charge in [0.25, 0.3) is 5.91 Å². The van der Waals surface area contributed by atoms with Gasteiger partial charge in [0, 0.05) is 19.3 Å². The first-order valence-corrected chi connectivity index (χ1v) is 9.31. The summed E-state index contributed by atoms with van der Waals surface area (Å²) in [6.45, 7) is 0.782. The van der Waals surface area contributed by atoms with E-state index in [1.54, 1.807) is 6.21 Å². The highest BCUT2D eigenvalue weighted by Gasteiger charge is 2.05. The maximum atomic E-state index is 11.9. The van der Waals surface area contributed by atoms with Crippen molar-refractivity contribution in [2.75, 3.05) is 37.0 Å². The van der Waals surface area contributed by atoms with Gasteiger partial charge in [-0.25, -0.2) is 10.4 Å². The normalized spacial score (nSPS) is 11.0. The Morgan fingerprint density at radius 2 is 2.04 bits per heavy atom. The highest BCUT2D eigenvalue weighted by atomic mass is 32.1. The van der Waals surface area contributed by atoms with Gasteiger partial charge in [-0.2, -0.15) is 5.10 Å². The summed E-state index contributed by atoms with van der Waals surface area (Å²) in [5.74, 6) is -0.246. The number of aliphatic hydroxyl groups is 1. The highest BCUT2D eigenvalue weighted by Crippen LogP contribution is 2.24. The number of hydrazone groups is 1. The zero-order chi connectivity index (χ0) is 19.1. The second kappa shape index (κ2) is 9.11. The predicted octanol–water partition coefficient (Wildman–Crippen LogP) is 2.29. The SMILES string of the molecule is CN(CCO)c1ccc(/C=N\NC(=O)CNc2nc3ccccc3s2)cc1. The summed E-state index contributed by atoms with van der Waals surface area (Å²) in [4.78, 5) is 18.3. The lowest BCUT2D eigenvalue weighted by Crippen LogP contribution is -2.25. The molecule has 0 saturated carbocycles. The Morgan fingerprint density at radius 1 is 1.26 bits per heavy atom. The molecule has 1 heterocycles. The Bertz CT molecular complexity index is 890. The quantitative estimate of drug-likeness (QED) is 0.410. The average molecular weight is 383 g/mol. The van der Waals surface area contributed by atoms with Gasteiger partial charge in [-0.3, -0.25) is 4.79 Å². The van der Waals surface area contributed by atoms with E-state index in [-0.39, 0.29) is 19.1 Å². The molecule has 3 N–H and O–H groups in total. The largest absolute Gasteiger partial charge is 0.395 e. The molecule has 27 heavy (non-hydrogen) atoms. The first-order chi connectivity index (χ1) is 13.2. The number of rotatable bonds is 8. The van der Waals surface area contributed by atoms with Gasteiger partial charge in [0.05, 0.1) is 29.6 Å². The van der Waals surface area contributed by atoms with Crippen LogP contribution in [0.5, 0.6) is 0 Å². The molecule has 0 saturated heterocycles. The molecule has 0 spiro atoms. The molecule has 0 bridgehead atoms. The monoisotopic (exact) mass is 383 g/mol. The molecule has 1 aromatic heterocycles. The fraction of sp³-hybridized carbons (Fsp3) is 0.211. The summed E-state index contributed by atoms with van der Waals surface area (Å²) >= 11 is 1.51. The van der Waals surface area contributed by atoms with Crippen molar-refractivity contribution in [3.63, 3.8) is 0 Å². The van der Waals surface area contributed by atoms with E-state index in [4.69, 9.17) is 5.11 Å². The smallest absolute Gasteiger partial charge is 0.259 e. The summed E-state index contributed by atoms with van der Waals surface area (Å²) in [6.07, 6.45) is 1.59. The third kappa shape index (κ3) is 5.25.